The average Bonchev–Trinajstić information content (AvgIpc) is 3.26. The second-order valence-corrected chi connectivity index (χ2v) is 8.48. The summed E-state index contributed by atoms with van der Waals surface area (Å²) in [6, 6.07) is 20.5. The molecule has 176 valence electrons. The molecule has 0 amide bonds. The van der Waals surface area contributed by atoms with Crippen LogP contribution in [0.3, 0.4) is 0 Å². The predicted octanol–water partition coefficient (Wildman–Crippen LogP) is 6.95. The van der Waals surface area contributed by atoms with E-state index >= 15 is 0 Å². The maximum atomic E-state index is 9.90. The largest absolute Gasteiger partial charge is 0.490 e. The highest BCUT2D eigenvalue weighted by atomic mass is 16.5. The van der Waals surface area contributed by atoms with Crippen LogP contribution < -0.4 is 9.47 Å². The van der Waals surface area contributed by atoms with Gasteiger partial charge >= 0.3 is 0 Å². The van der Waals surface area contributed by atoms with E-state index in [1.54, 1.807) is 0 Å². The number of nitrogens with zero attached hydrogens (tertiary/aromatic N) is 2. The molecule has 0 aliphatic carbocycles. The van der Waals surface area contributed by atoms with E-state index < -0.39 is 0 Å². The molecule has 5 nitrogen and oxygen atoms in total. The number of benzene rings is 3. The van der Waals surface area contributed by atoms with E-state index in [-0.39, 0.29) is 0 Å². The molecule has 0 saturated heterocycles. The zero-order valence-corrected chi connectivity index (χ0v) is 20.4. The molecular weight excluding hydrogens is 434 g/mol. The van der Waals surface area contributed by atoms with E-state index in [2.05, 4.69) is 53.8 Å². The maximum Gasteiger partial charge on any atom is 0.165 e. The Labute approximate surface area is 206 Å². The monoisotopic (exact) mass is 463 g/mol. The van der Waals surface area contributed by atoms with E-state index in [0.29, 0.717) is 42.5 Å². The molecule has 4 aromatic rings. The van der Waals surface area contributed by atoms with Gasteiger partial charge in [-0.05, 0) is 74.2 Å². The van der Waals surface area contributed by atoms with Gasteiger partial charge in [0.15, 0.2) is 11.5 Å². The van der Waals surface area contributed by atoms with Crippen LogP contribution in [0.2, 0.25) is 0 Å². The fraction of sp³-hybridized carbons (Fsp3) is 0.200. The van der Waals surface area contributed by atoms with Crippen LogP contribution in [-0.2, 0) is 13.0 Å². The highest BCUT2D eigenvalue weighted by Crippen LogP contribution is 2.36. The van der Waals surface area contributed by atoms with Gasteiger partial charge in [0.1, 0.15) is 18.5 Å². The average molecular weight is 464 g/mol. The first-order valence-electron chi connectivity index (χ1n) is 11.7. The Morgan fingerprint density at radius 1 is 1.06 bits per heavy atom. The molecule has 3 aromatic carbocycles. The number of nitrogens with one attached hydrogen (secondary N) is 1. The summed E-state index contributed by atoms with van der Waals surface area (Å²) in [5, 5.41) is 9.90. The quantitative estimate of drug-likeness (QED) is 0.215. The fourth-order valence-corrected chi connectivity index (χ4v) is 3.91. The zero-order valence-electron chi connectivity index (χ0n) is 20.4. The number of nitriles is 1. The van der Waals surface area contributed by atoms with Gasteiger partial charge in [0.2, 0.25) is 0 Å². The number of hydrogen-bond acceptors (Lipinski definition) is 4. The number of rotatable bonds is 9. The van der Waals surface area contributed by atoms with Crippen molar-refractivity contribution < 1.29 is 9.47 Å². The van der Waals surface area contributed by atoms with Gasteiger partial charge in [-0.15, -0.1) is 6.58 Å². The van der Waals surface area contributed by atoms with Crippen LogP contribution in [0, 0.1) is 25.2 Å². The third kappa shape index (κ3) is 5.62. The summed E-state index contributed by atoms with van der Waals surface area (Å²) >= 11 is 0. The predicted molar refractivity (Wildman–Crippen MR) is 141 cm³/mol. The summed E-state index contributed by atoms with van der Waals surface area (Å²) in [4.78, 5) is 7.87. The second-order valence-electron chi connectivity index (χ2n) is 8.48. The third-order valence-corrected chi connectivity index (χ3v) is 5.65. The lowest BCUT2D eigenvalue weighted by Crippen LogP contribution is -2.03. The van der Waals surface area contributed by atoms with E-state index in [9.17, 15) is 5.26 Å². The van der Waals surface area contributed by atoms with Crippen LogP contribution >= 0.6 is 0 Å². The van der Waals surface area contributed by atoms with Gasteiger partial charge < -0.3 is 14.5 Å². The van der Waals surface area contributed by atoms with Crippen LogP contribution in [0.5, 0.6) is 11.5 Å². The summed E-state index contributed by atoms with van der Waals surface area (Å²) in [7, 11) is 0. The number of ether oxygens (including phenoxy) is 2. The summed E-state index contributed by atoms with van der Waals surface area (Å²) in [6.45, 7) is 10.9. The molecule has 0 aliphatic rings. The number of aromatic amines is 1. The number of hydrogen-bond donors (Lipinski definition) is 1. The topological polar surface area (TPSA) is 70.9 Å². The molecule has 5 heteroatoms. The summed E-state index contributed by atoms with van der Waals surface area (Å²) in [5.41, 5.74) is 7.38. The SMILES string of the molecule is C=CCc1cc(C=C(C#N)c2nc3ccc(C)cc3[nH]2)cc(OCC)c1OCc1ccc(C)cc1. The van der Waals surface area contributed by atoms with Crippen LogP contribution in [0.15, 0.2) is 67.3 Å². The van der Waals surface area contributed by atoms with Crippen molar-refractivity contribution in [2.75, 3.05) is 6.61 Å². The molecule has 0 spiro atoms. The van der Waals surface area contributed by atoms with Crippen molar-refractivity contribution in [1.82, 2.24) is 9.97 Å². The summed E-state index contributed by atoms with van der Waals surface area (Å²) in [6.07, 6.45) is 4.27. The number of allylic oxidation sites excluding steroid dienone is 2. The maximum absolute atomic E-state index is 9.90. The lowest BCUT2D eigenvalue weighted by molar-refractivity contribution is 0.267. The van der Waals surface area contributed by atoms with Crippen LogP contribution in [0.25, 0.3) is 22.7 Å². The smallest absolute Gasteiger partial charge is 0.165 e. The molecule has 0 aliphatic heterocycles. The van der Waals surface area contributed by atoms with Gasteiger partial charge in [-0.1, -0.05) is 42.0 Å². The van der Waals surface area contributed by atoms with Crippen LogP contribution in [0.1, 0.15) is 40.6 Å². The molecule has 0 fully saturated rings. The van der Waals surface area contributed by atoms with Crippen LogP contribution in [-0.4, -0.2) is 16.6 Å². The lowest BCUT2D eigenvalue weighted by Gasteiger charge is -2.17. The normalized spacial score (nSPS) is 11.3. The van der Waals surface area contributed by atoms with Crippen molar-refractivity contribution in [2.24, 2.45) is 0 Å². The van der Waals surface area contributed by atoms with E-state index in [1.807, 2.05) is 56.3 Å². The minimum atomic E-state index is 0.432. The van der Waals surface area contributed by atoms with Crippen molar-refractivity contribution in [2.45, 2.75) is 33.8 Å². The minimum Gasteiger partial charge on any atom is -0.490 e. The molecule has 0 bridgehead atoms. The first kappa shape index (κ1) is 23.8. The Balaban J connectivity index is 1.71. The fourth-order valence-electron chi connectivity index (χ4n) is 3.91. The Morgan fingerprint density at radius 3 is 2.54 bits per heavy atom. The molecule has 1 heterocycles. The molecule has 1 N–H and O–H groups in total. The standard InChI is InChI=1S/C30H29N3O2/c1-5-7-24-15-23(16-25(18-31)30-32-26-13-10-21(4)14-27(26)33-30)17-28(34-6-2)29(24)35-19-22-11-8-20(3)9-12-22/h5,8-17H,1,6-7,19H2,2-4H3,(H,32,33). The first-order valence-corrected chi connectivity index (χ1v) is 11.7. The Bertz CT molecular complexity index is 1420. The van der Waals surface area contributed by atoms with Crippen LogP contribution in [0.4, 0.5) is 0 Å². The third-order valence-electron chi connectivity index (χ3n) is 5.65. The van der Waals surface area contributed by atoms with E-state index in [1.165, 1.54) is 5.56 Å². The molecular formula is C30H29N3O2. The van der Waals surface area contributed by atoms with Gasteiger partial charge in [-0.3, -0.25) is 0 Å². The number of imidazole rings is 1. The lowest BCUT2D eigenvalue weighted by atomic mass is 10.0. The minimum absolute atomic E-state index is 0.432. The number of aryl methyl sites for hydroxylation is 2. The van der Waals surface area contributed by atoms with Gasteiger partial charge in [-0.25, -0.2) is 4.98 Å². The molecule has 0 unspecified atom stereocenters. The van der Waals surface area contributed by atoms with Crippen molar-refractivity contribution in [1.29, 1.82) is 5.26 Å². The van der Waals surface area contributed by atoms with Gasteiger partial charge in [0.25, 0.3) is 0 Å². The van der Waals surface area contributed by atoms with Crippen molar-refractivity contribution in [3.63, 3.8) is 0 Å². The number of H-pyrrole nitrogens is 1. The summed E-state index contributed by atoms with van der Waals surface area (Å²) < 4.78 is 12.2. The summed E-state index contributed by atoms with van der Waals surface area (Å²) in [5.74, 6) is 1.88. The van der Waals surface area contributed by atoms with Crippen molar-refractivity contribution >= 4 is 22.7 Å². The molecule has 1 aromatic heterocycles. The highest BCUT2D eigenvalue weighted by Gasteiger charge is 2.15. The van der Waals surface area contributed by atoms with Gasteiger partial charge in [0.05, 0.1) is 23.2 Å². The van der Waals surface area contributed by atoms with Crippen molar-refractivity contribution in [3.8, 4) is 17.6 Å². The van der Waals surface area contributed by atoms with Crippen molar-refractivity contribution in [3.05, 3.63) is 101 Å². The van der Waals surface area contributed by atoms with Gasteiger partial charge in [0, 0.05) is 5.56 Å². The van der Waals surface area contributed by atoms with E-state index in [0.717, 1.165) is 33.3 Å². The Morgan fingerprint density at radius 2 is 1.83 bits per heavy atom. The van der Waals surface area contributed by atoms with E-state index in [4.69, 9.17) is 9.47 Å². The molecule has 0 saturated carbocycles. The molecule has 0 atom stereocenters. The van der Waals surface area contributed by atoms with Gasteiger partial charge in [-0.2, -0.15) is 5.26 Å². The first-order chi connectivity index (χ1) is 17.0. The Hall–Kier alpha value is -4.30. The molecule has 35 heavy (non-hydrogen) atoms. The molecule has 0 radical (unpaired) electrons. The Kier molecular flexibility index (Phi) is 7.32. The second kappa shape index (κ2) is 10.8. The zero-order chi connectivity index (χ0) is 24.8. The number of fused-ring (bicyclic) bond motifs is 1. The highest BCUT2D eigenvalue weighted by molar-refractivity contribution is 5.90. The number of aromatic nitrogens is 2. The molecule has 4 rings (SSSR count).